The summed E-state index contributed by atoms with van der Waals surface area (Å²) in [5, 5.41) is 2.23. The zero-order valence-corrected chi connectivity index (χ0v) is 16.2. The van der Waals surface area contributed by atoms with Crippen molar-refractivity contribution in [3.8, 4) is 11.4 Å². The molecule has 0 radical (unpaired) electrons. The van der Waals surface area contributed by atoms with Crippen LogP contribution < -0.4 is 15.0 Å². The van der Waals surface area contributed by atoms with Gasteiger partial charge < -0.3 is 9.30 Å². The maximum Gasteiger partial charge on any atom is 0.335 e. The average Bonchev–Trinajstić information content (AvgIpc) is 3.21. The molecule has 1 saturated heterocycles. The number of nitrogens with one attached hydrogen (secondary N) is 1. The standard InChI is InChI=1S/C23H19N3O4/c1-2-30-19-10-6-9-18(14-19)26-22(28)20(21(27)24-23(26)29)13-16-11-12-25(15-16)17-7-4-3-5-8-17/h3-15H,2H2,1H3,(H,24,27,29)/b20-13-. The monoisotopic (exact) mass is 401 g/mol. The summed E-state index contributed by atoms with van der Waals surface area (Å²) in [7, 11) is 0. The van der Waals surface area contributed by atoms with Crippen LogP contribution in [-0.2, 0) is 9.59 Å². The molecule has 4 rings (SSSR count). The molecule has 4 amide bonds. The molecule has 1 aliphatic rings. The molecule has 3 aromatic rings. The molecule has 1 N–H and O–H groups in total. The quantitative estimate of drug-likeness (QED) is 0.524. The number of carbonyl (C=O) groups excluding carboxylic acids is 3. The molecule has 1 aromatic heterocycles. The molecule has 0 atom stereocenters. The largest absolute Gasteiger partial charge is 0.494 e. The number of barbiturate groups is 1. The van der Waals surface area contributed by atoms with Crippen LogP contribution in [0.25, 0.3) is 11.8 Å². The van der Waals surface area contributed by atoms with Crippen LogP contribution in [0.4, 0.5) is 10.5 Å². The van der Waals surface area contributed by atoms with Crippen LogP contribution in [0.1, 0.15) is 12.5 Å². The number of amides is 4. The van der Waals surface area contributed by atoms with Gasteiger partial charge in [-0.3, -0.25) is 14.9 Å². The van der Waals surface area contributed by atoms with Gasteiger partial charge in [0.15, 0.2) is 0 Å². The summed E-state index contributed by atoms with van der Waals surface area (Å²) in [6.45, 7) is 2.29. The van der Waals surface area contributed by atoms with Crippen molar-refractivity contribution in [3.63, 3.8) is 0 Å². The second kappa shape index (κ2) is 8.08. The van der Waals surface area contributed by atoms with Gasteiger partial charge in [0.1, 0.15) is 11.3 Å². The first-order valence-corrected chi connectivity index (χ1v) is 9.44. The number of benzene rings is 2. The van der Waals surface area contributed by atoms with E-state index in [9.17, 15) is 14.4 Å². The van der Waals surface area contributed by atoms with Gasteiger partial charge in [-0.05, 0) is 48.9 Å². The van der Waals surface area contributed by atoms with E-state index in [1.807, 2.05) is 48.0 Å². The van der Waals surface area contributed by atoms with E-state index in [-0.39, 0.29) is 5.57 Å². The predicted octanol–water partition coefficient (Wildman–Crippen LogP) is 3.54. The van der Waals surface area contributed by atoms with Crippen molar-refractivity contribution in [2.45, 2.75) is 6.92 Å². The Morgan fingerprint density at radius 2 is 1.73 bits per heavy atom. The molecule has 0 saturated carbocycles. The Balaban J connectivity index is 1.66. The maximum atomic E-state index is 13.0. The van der Waals surface area contributed by atoms with Crippen molar-refractivity contribution in [1.29, 1.82) is 0 Å². The number of aromatic nitrogens is 1. The van der Waals surface area contributed by atoms with Crippen LogP contribution in [0.2, 0.25) is 0 Å². The van der Waals surface area contributed by atoms with Gasteiger partial charge in [0.05, 0.1) is 12.3 Å². The van der Waals surface area contributed by atoms with Gasteiger partial charge >= 0.3 is 6.03 Å². The van der Waals surface area contributed by atoms with Crippen LogP contribution in [0.5, 0.6) is 5.75 Å². The molecule has 0 spiro atoms. The smallest absolute Gasteiger partial charge is 0.335 e. The molecular formula is C23H19N3O4. The van der Waals surface area contributed by atoms with Gasteiger partial charge in [-0.15, -0.1) is 0 Å². The molecule has 1 fully saturated rings. The van der Waals surface area contributed by atoms with E-state index in [1.54, 1.807) is 36.5 Å². The van der Waals surface area contributed by atoms with Crippen molar-refractivity contribution in [2.24, 2.45) is 0 Å². The third-order valence-electron chi connectivity index (χ3n) is 4.57. The first-order valence-electron chi connectivity index (χ1n) is 9.44. The van der Waals surface area contributed by atoms with Gasteiger partial charge in [-0.25, -0.2) is 9.69 Å². The molecule has 30 heavy (non-hydrogen) atoms. The van der Waals surface area contributed by atoms with E-state index in [0.717, 1.165) is 10.6 Å². The van der Waals surface area contributed by atoms with Crippen molar-refractivity contribution in [3.05, 3.63) is 84.2 Å². The third-order valence-corrected chi connectivity index (χ3v) is 4.57. The Labute approximate surface area is 173 Å². The number of hydrogen-bond donors (Lipinski definition) is 1. The summed E-state index contributed by atoms with van der Waals surface area (Å²) in [5.74, 6) is -0.891. The van der Waals surface area contributed by atoms with Crippen LogP contribution in [0.3, 0.4) is 0 Å². The van der Waals surface area contributed by atoms with E-state index in [2.05, 4.69) is 5.32 Å². The number of anilines is 1. The van der Waals surface area contributed by atoms with Crippen molar-refractivity contribution in [2.75, 3.05) is 11.5 Å². The highest BCUT2D eigenvalue weighted by molar-refractivity contribution is 6.39. The van der Waals surface area contributed by atoms with Crippen molar-refractivity contribution >= 4 is 29.6 Å². The maximum absolute atomic E-state index is 13.0. The number of urea groups is 1. The summed E-state index contributed by atoms with van der Waals surface area (Å²) in [6, 6.07) is 17.3. The van der Waals surface area contributed by atoms with Gasteiger partial charge in [0.2, 0.25) is 0 Å². The molecule has 2 aromatic carbocycles. The highest BCUT2D eigenvalue weighted by atomic mass is 16.5. The number of carbonyl (C=O) groups is 3. The highest BCUT2D eigenvalue weighted by Gasteiger charge is 2.37. The summed E-state index contributed by atoms with van der Waals surface area (Å²) in [5.41, 5.74) is 1.81. The Morgan fingerprint density at radius 1 is 0.967 bits per heavy atom. The van der Waals surface area contributed by atoms with Crippen molar-refractivity contribution in [1.82, 2.24) is 9.88 Å². The number of nitrogens with zero attached hydrogens (tertiary/aromatic N) is 2. The van der Waals surface area contributed by atoms with Crippen LogP contribution in [0, 0.1) is 0 Å². The van der Waals surface area contributed by atoms with Gasteiger partial charge in [-0.2, -0.15) is 0 Å². The third kappa shape index (κ3) is 3.73. The number of rotatable bonds is 5. The molecule has 7 nitrogen and oxygen atoms in total. The molecular weight excluding hydrogens is 382 g/mol. The molecule has 0 aliphatic carbocycles. The molecule has 7 heteroatoms. The van der Waals surface area contributed by atoms with Crippen LogP contribution in [-0.4, -0.2) is 29.0 Å². The Morgan fingerprint density at radius 3 is 2.50 bits per heavy atom. The molecule has 0 unspecified atom stereocenters. The first kappa shape index (κ1) is 19.2. The lowest BCUT2D eigenvalue weighted by atomic mass is 10.1. The minimum absolute atomic E-state index is 0.123. The lowest BCUT2D eigenvalue weighted by Crippen LogP contribution is -2.54. The summed E-state index contributed by atoms with van der Waals surface area (Å²) in [6.07, 6.45) is 5.11. The average molecular weight is 401 g/mol. The SMILES string of the molecule is CCOc1cccc(N2C(=O)NC(=O)/C(=C/c3ccn(-c4ccccc4)c3)C2=O)c1. The first-order chi connectivity index (χ1) is 14.6. The number of hydrogen-bond acceptors (Lipinski definition) is 4. The normalized spacial score (nSPS) is 15.4. The number of para-hydroxylation sites is 1. The second-order valence-corrected chi connectivity index (χ2v) is 6.58. The minimum atomic E-state index is -0.794. The Hall–Kier alpha value is -4.13. The summed E-state index contributed by atoms with van der Waals surface area (Å²) in [4.78, 5) is 38.7. The lowest BCUT2D eigenvalue weighted by Gasteiger charge is -2.26. The van der Waals surface area contributed by atoms with Crippen LogP contribution >= 0.6 is 0 Å². The Bertz CT molecular complexity index is 1150. The zero-order chi connectivity index (χ0) is 21.1. The van der Waals surface area contributed by atoms with E-state index >= 15 is 0 Å². The summed E-state index contributed by atoms with van der Waals surface area (Å²) >= 11 is 0. The van der Waals surface area contributed by atoms with E-state index in [0.29, 0.717) is 23.6 Å². The minimum Gasteiger partial charge on any atom is -0.494 e. The lowest BCUT2D eigenvalue weighted by molar-refractivity contribution is -0.122. The van der Waals surface area contributed by atoms with E-state index in [4.69, 9.17) is 4.74 Å². The van der Waals surface area contributed by atoms with Gasteiger partial charge in [0, 0.05) is 24.1 Å². The fourth-order valence-electron chi connectivity index (χ4n) is 3.20. The number of ether oxygens (including phenoxy) is 1. The fraction of sp³-hybridized carbons (Fsp3) is 0.0870. The predicted molar refractivity (Wildman–Crippen MR) is 112 cm³/mol. The fourth-order valence-corrected chi connectivity index (χ4v) is 3.20. The van der Waals surface area contributed by atoms with Gasteiger partial charge in [0.25, 0.3) is 11.8 Å². The molecule has 1 aliphatic heterocycles. The molecule has 0 bridgehead atoms. The topological polar surface area (TPSA) is 80.6 Å². The van der Waals surface area contributed by atoms with E-state index in [1.165, 1.54) is 6.08 Å². The molecule has 150 valence electrons. The van der Waals surface area contributed by atoms with Gasteiger partial charge in [-0.1, -0.05) is 24.3 Å². The number of imide groups is 2. The van der Waals surface area contributed by atoms with E-state index < -0.39 is 17.8 Å². The van der Waals surface area contributed by atoms with Crippen LogP contribution in [0.15, 0.2) is 78.6 Å². The highest BCUT2D eigenvalue weighted by Crippen LogP contribution is 2.26. The van der Waals surface area contributed by atoms with Crippen molar-refractivity contribution < 1.29 is 19.1 Å². The molecule has 2 heterocycles. The second-order valence-electron chi connectivity index (χ2n) is 6.58. The summed E-state index contributed by atoms with van der Waals surface area (Å²) < 4.78 is 7.32. The zero-order valence-electron chi connectivity index (χ0n) is 16.2. The Kier molecular flexibility index (Phi) is 5.17.